The highest BCUT2D eigenvalue weighted by Crippen LogP contribution is 2.32. The maximum Gasteiger partial charge on any atom is 0.451 e. The minimum atomic E-state index is -4.57. The number of aromatic nitrogens is 3. The van der Waals surface area contributed by atoms with Gasteiger partial charge in [-0.1, -0.05) is 13.3 Å². The SMILES string of the molecule is CCC1CN(C(=O)OC(C)(C)C)CCC1C(=O)N1CCn2c(nnc2C(F)(F)F)C1. The molecule has 11 heteroatoms. The Kier molecular flexibility index (Phi) is 6.01. The summed E-state index contributed by atoms with van der Waals surface area (Å²) >= 11 is 0. The van der Waals surface area contributed by atoms with Gasteiger partial charge in [-0.05, 0) is 33.1 Å². The number of likely N-dealkylation sites (tertiary alicyclic amines) is 1. The third-order valence-electron chi connectivity index (χ3n) is 5.55. The monoisotopic (exact) mass is 431 g/mol. The Hall–Kier alpha value is -2.33. The molecule has 1 aromatic heterocycles. The zero-order valence-corrected chi connectivity index (χ0v) is 17.7. The molecule has 0 aliphatic carbocycles. The van der Waals surface area contributed by atoms with Gasteiger partial charge >= 0.3 is 12.3 Å². The molecule has 168 valence electrons. The van der Waals surface area contributed by atoms with E-state index in [4.69, 9.17) is 4.74 Å². The lowest BCUT2D eigenvalue weighted by molar-refractivity contribution is -0.148. The number of fused-ring (bicyclic) bond motifs is 1. The van der Waals surface area contributed by atoms with Crippen LogP contribution in [0.3, 0.4) is 0 Å². The number of carbonyl (C=O) groups excluding carboxylic acids is 2. The van der Waals surface area contributed by atoms with Crippen molar-refractivity contribution in [2.24, 2.45) is 11.8 Å². The van der Waals surface area contributed by atoms with E-state index in [2.05, 4.69) is 10.2 Å². The number of ether oxygens (including phenoxy) is 1. The molecule has 3 rings (SSSR count). The van der Waals surface area contributed by atoms with Gasteiger partial charge in [0.05, 0.1) is 6.54 Å². The van der Waals surface area contributed by atoms with Crippen molar-refractivity contribution in [1.29, 1.82) is 0 Å². The first-order valence-corrected chi connectivity index (χ1v) is 10.2. The highest BCUT2D eigenvalue weighted by molar-refractivity contribution is 5.80. The number of amides is 2. The summed E-state index contributed by atoms with van der Waals surface area (Å²) in [6.07, 6.45) is -3.76. The average Bonchev–Trinajstić information content (AvgIpc) is 3.09. The Bertz CT molecular complexity index is 802. The lowest BCUT2D eigenvalue weighted by Crippen LogP contribution is -2.51. The summed E-state index contributed by atoms with van der Waals surface area (Å²) in [5.74, 6) is -1.31. The highest BCUT2D eigenvalue weighted by Gasteiger charge is 2.42. The van der Waals surface area contributed by atoms with Gasteiger partial charge in [-0.2, -0.15) is 13.2 Å². The Labute approximate surface area is 173 Å². The van der Waals surface area contributed by atoms with Gasteiger partial charge < -0.3 is 19.1 Å². The fourth-order valence-corrected chi connectivity index (χ4v) is 4.05. The number of carbonyl (C=O) groups is 2. The minimum Gasteiger partial charge on any atom is -0.444 e. The van der Waals surface area contributed by atoms with Crippen LogP contribution in [0.5, 0.6) is 0 Å². The van der Waals surface area contributed by atoms with Gasteiger partial charge in [0.2, 0.25) is 11.7 Å². The lowest BCUT2D eigenvalue weighted by Gasteiger charge is -2.40. The van der Waals surface area contributed by atoms with E-state index >= 15 is 0 Å². The Morgan fingerprint density at radius 2 is 1.80 bits per heavy atom. The molecule has 2 aliphatic rings. The van der Waals surface area contributed by atoms with Crippen molar-refractivity contribution in [3.8, 4) is 0 Å². The van der Waals surface area contributed by atoms with E-state index in [0.29, 0.717) is 25.9 Å². The number of rotatable bonds is 2. The van der Waals surface area contributed by atoms with Crippen LogP contribution in [0.1, 0.15) is 52.2 Å². The zero-order chi connectivity index (χ0) is 22.3. The summed E-state index contributed by atoms with van der Waals surface area (Å²) in [7, 11) is 0. The summed E-state index contributed by atoms with van der Waals surface area (Å²) in [5.41, 5.74) is -0.593. The summed E-state index contributed by atoms with van der Waals surface area (Å²) in [6, 6.07) is 0. The third kappa shape index (κ3) is 4.70. The van der Waals surface area contributed by atoms with Crippen molar-refractivity contribution >= 4 is 12.0 Å². The molecule has 1 saturated heterocycles. The molecule has 8 nitrogen and oxygen atoms in total. The van der Waals surface area contributed by atoms with E-state index < -0.39 is 23.7 Å². The second-order valence-electron chi connectivity index (χ2n) is 8.84. The van der Waals surface area contributed by atoms with Crippen LogP contribution in [0.4, 0.5) is 18.0 Å². The van der Waals surface area contributed by atoms with Crippen molar-refractivity contribution in [2.75, 3.05) is 19.6 Å². The summed E-state index contributed by atoms with van der Waals surface area (Å²) in [6.45, 7) is 8.39. The standard InChI is InChI=1S/C19H28F3N5O3/c1-5-12-10-26(17(29)30-18(2,3)4)7-6-13(12)15(28)25-8-9-27-14(11-25)23-24-16(27)19(20,21)22/h12-13H,5-11H2,1-4H3. The van der Waals surface area contributed by atoms with Gasteiger partial charge in [0.25, 0.3) is 0 Å². The van der Waals surface area contributed by atoms with E-state index in [-0.39, 0.29) is 43.2 Å². The van der Waals surface area contributed by atoms with Gasteiger partial charge in [-0.3, -0.25) is 4.79 Å². The van der Waals surface area contributed by atoms with Gasteiger partial charge in [-0.15, -0.1) is 10.2 Å². The molecule has 3 heterocycles. The predicted octanol–water partition coefficient (Wildman–Crippen LogP) is 2.92. The fraction of sp³-hybridized carbons (Fsp3) is 0.789. The molecule has 2 atom stereocenters. The zero-order valence-electron chi connectivity index (χ0n) is 17.7. The number of nitrogens with zero attached hydrogens (tertiary/aromatic N) is 5. The lowest BCUT2D eigenvalue weighted by atomic mass is 9.82. The molecule has 2 amide bonds. The molecule has 1 aromatic rings. The maximum atomic E-state index is 13.2. The molecular formula is C19H28F3N5O3. The molecular weight excluding hydrogens is 403 g/mol. The highest BCUT2D eigenvalue weighted by atomic mass is 19.4. The number of alkyl halides is 3. The van der Waals surface area contributed by atoms with Crippen LogP contribution in [0.25, 0.3) is 0 Å². The van der Waals surface area contributed by atoms with Gasteiger partial charge in [0.1, 0.15) is 5.60 Å². The Balaban J connectivity index is 1.66. The van der Waals surface area contributed by atoms with Gasteiger partial charge in [0.15, 0.2) is 5.82 Å². The van der Waals surface area contributed by atoms with Crippen LogP contribution in [-0.4, -0.2) is 61.8 Å². The smallest absolute Gasteiger partial charge is 0.444 e. The molecule has 0 aromatic carbocycles. The largest absolute Gasteiger partial charge is 0.451 e. The van der Waals surface area contributed by atoms with Crippen LogP contribution < -0.4 is 0 Å². The topological polar surface area (TPSA) is 80.6 Å². The first-order chi connectivity index (χ1) is 13.9. The normalized spacial score (nSPS) is 22.6. The van der Waals surface area contributed by atoms with Crippen LogP contribution in [0, 0.1) is 11.8 Å². The van der Waals surface area contributed by atoms with Crippen molar-refractivity contribution < 1.29 is 27.5 Å². The summed E-state index contributed by atoms with van der Waals surface area (Å²) in [4.78, 5) is 28.7. The molecule has 2 unspecified atom stereocenters. The van der Waals surface area contributed by atoms with Crippen molar-refractivity contribution in [2.45, 2.75) is 65.4 Å². The van der Waals surface area contributed by atoms with Crippen LogP contribution >= 0.6 is 0 Å². The van der Waals surface area contributed by atoms with Crippen LogP contribution in [0.2, 0.25) is 0 Å². The maximum absolute atomic E-state index is 13.2. The minimum absolute atomic E-state index is 0.00459. The average molecular weight is 431 g/mol. The Morgan fingerprint density at radius 1 is 1.10 bits per heavy atom. The van der Waals surface area contributed by atoms with E-state index in [1.165, 1.54) is 0 Å². The van der Waals surface area contributed by atoms with E-state index in [9.17, 15) is 22.8 Å². The van der Waals surface area contributed by atoms with Gasteiger partial charge in [0, 0.05) is 32.1 Å². The first-order valence-electron chi connectivity index (χ1n) is 10.2. The molecule has 0 radical (unpaired) electrons. The Morgan fingerprint density at radius 3 is 2.40 bits per heavy atom. The second kappa shape index (κ2) is 8.07. The molecule has 0 saturated carbocycles. The van der Waals surface area contributed by atoms with Gasteiger partial charge in [-0.25, -0.2) is 4.79 Å². The molecule has 30 heavy (non-hydrogen) atoms. The summed E-state index contributed by atoms with van der Waals surface area (Å²) in [5, 5.41) is 6.90. The van der Waals surface area contributed by atoms with Crippen molar-refractivity contribution in [3.05, 3.63) is 11.6 Å². The van der Waals surface area contributed by atoms with Crippen molar-refractivity contribution in [1.82, 2.24) is 24.6 Å². The molecule has 0 spiro atoms. The van der Waals surface area contributed by atoms with E-state index in [1.807, 2.05) is 6.92 Å². The quantitative estimate of drug-likeness (QED) is 0.719. The van der Waals surface area contributed by atoms with E-state index in [0.717, 1.165) is 4.57 Å². The van der Waals surface area contributed by atoms with E-state index in [1.54, 1.807) is 30.6 Å². The number of piperidine rings is 1. The first kappa shape index (κ1) is 22.4. The van der Waals surface area contributed by atoms with Crippen molar-refractivity contribution in [3.63, 3.8) is 0 Å². The number of hydrogen-bond donors (Lipinski definition) is 0. The number of hydrogen-bond acceptors (Lipinski definition) is 5. The predicted molar refractivity (Wildman–Crippen MR) is 100 cm³/mol. The summed E-state index contributed by atoms with van der Waals surface area (Å²) < 4.78 is 45.5. The van der Waals surface area contributed by atoms with Crippen LogP contribution in [0.15, 0.2) is 0 Å². The molecule has 0 N–H and O–H groups in total. The molecule has 2 aliphatic heterocycles. The fourth-order valence-electron chi connectivity index (χ4n) is 4.05. The second-order valence-corrected chi connectivity index (χ2v) is 8.84. The number of halogens is 3. The molecule has 1 fully saturated rings. The third-order valence-corrected chi connectivity index (χ3v) is 5.55. The van der Waals surface area contributed by atoms with Crippen LogP contribution in [-0.2, 0) is 28.8 Å². The molecule has 0 bridgehead atoms.